The predicted molar refractivity (Wildman–Crippen MR) is 73.9 cm³/mol. The summed E-state index contributed by atoms with van der Waals surface area (Å²) in [6, 6.07) is 0. The molecule has 0 bridgehead atoms. The molecule has 22 heavy (non-hydrogen) atoms. The molecule has 8 nitrogen and oxygen atoms in total. The van der Waals surface area contributed by atoms with Gasteiger partial charge in [0.2, 0.25) is 0 Å². The number of hydrogen-bond donors (Lipinski definition) is 1. The van der Waals surface area contributed by atoms with Gasteiger partial charge in [-0.3, -0.25) is 9.59 Å². The van der Waals surface area contributed by atoms with Crippen molar-refractivity contribution >= 4 is 11.9 Å². The van der Waals surface area contributed by atoms with Crippen LogP contribution in [0, 0.1) is 0 Å². The van der Waals surface area contributed by atoms with Crippen LogP contribution in [0.15, 0.2) is 0 Å². The van der Waals surface area contributed by atoms with Gasteiger partial charge in [0.25, 0.3) is 0 Å². The zero-order valence-electron chi connectivity index (χ0n) is 13.3. The van der Waals surface area contributed by atoms with Crippen LogP contribution in [0.5, 0.6) is 0 Å². The van der Waals surface area contributed by atoms with Crippen molar-refractivity contribution in [3.05, 3.63) is 0 Å². The average molecular weight is 320 g/mol. The summed E-state index contributed by atoms with van der Waals surface area (Å²) >= 11 is 0. The van der Waals surface area contributed by atoms with E-state index >= 15 is 0 Å². The first-order valence-corrected chi connectivity index (χ1v) is 7.28. The van der Waals surface area contributed by atoms with E-state index in [-0.39, 0.29) is 6.61 Å². The van der Waals surface area contributed by atoms with Gasteiger partial charge in [-0.2, -0.15) is 0 Å². The van der Waals surface area contributed by atoms with Gasteiger partial charge in [0, 0.05) is 27.1 Å². The number of aliphatic hydroxyl groups is 1. The maximum Gasteiger partial charge on any atom is 0.303 e. The van der Waals surface area contributed by atoms with Crippen LogP contribution < -0.4 is 0 Å². The van der Waals surface area contributed by atoms with E-state index in [1.54, 1.807) is 13.8 Å². The lowest BCUT2D eigenvalue weighted by Gasteiger charge is -2.43. The Morgan fingerprint density at radius 1 is 1.00 bits per heavy atom. The third kappa shape index (κ3) is 5.20. The van der Waals surface area contributed by atoms with E-state index in [2.05, 4.69) is 0 Å². The van der Waals surface area contributed by atoms with Gasteiger partial charge < -0.3 is 28.8 Å². The van der Waals surface area contributed by atoms with Gasteiger partial charge in [0.15, 0.2) is 12.4 Å². The van der Waals surface area contributed by atoms with Crippen LogP contribution in [0.2, 0.25) is 0 Å². The molecule has 5 atom stereocenters. The van der Waals surface area contributed by atoms with E-state index in [0.29, 0.717) is 13.2 Å². The smallest absolute Gasteiger partial charge is 0.303 e. The molecule has 1 fully saturated rings. The van der Waals surface area contributed by atoms with Crippen LogP contribution in [0.3, 0.4) is 0 Å². The van der Waals surface area contributed by atoms with E-state index in [9.17, 15) is 14.7 Å². The fourth-order valence-electron chi connectivity index (χ4n) is 2.31. The summed E-state index contributed by atoms with van der Waals surface area (Å²) in [6.45, 7) is 6.55. The molecule has 0 radical (unpaired) electrons. The number of ether oxygens (including phenoxy) is 5. The molecular weight excluding hydrogens is 296 g/mol. The molecule has 1 saturated heterocycles. The van der Waals surface area contributed by atoms with Gasteiger partial charge in [0.05, 0.1) is 0 Å². The molecule has 0 unspecified atom stereocenters. The van der Waals surface area contributed by atoms with Crippen molar-refractivity contribution in [2.45, 2.75) is 58.4 Å². The first-order chi connectivity index (χ1) is 10.4. The number of aliphatic hydroxyl groups excluding tert-OH is 1. The maximum absolute atomic E-state index is 11.3. The highest BCUT2D eigenvalue weighted by Gasteiger charge is 2.49. The number of hydrogen-bond acceptors (Lipinski definition) is 8. The predicted octanol–water partition coefficient (Wildman–Crippen LogP) is 0.00860. The lowest BCUT2D eigenvalue weighted by molar-refractivity contribution is -0.305. The third-order valence-electron chi connectivity index (χ3n) is 3.08. The Balaban J connectivity index is 2.95. The lowest BCUT2D eigenvalue weighted by atomic mass is 9.98. The second kappa shape index (κ2) is 9.04. The zero-order chi connectivity index (χ0) is 16.7. The van der Waals surface area contributed by atoms with Crippen LogP contribution in [-0.4, -0.2) is 67.6 Å². The molecule has 8 heteroatoms. The van der Waals surface area contributed by atoms with Crippen molar-refractivity contribution in [3.63, 3.8) is 0 Å². The Hall–Kier alpha value is -1.22. The molecule has 0 aromatic carbocycles. The molecule has 0 spiro atoms. The van der Waals surface area contributed by atoms with Crippen molar-refractivity contribution in [1.29, 1.82) is 0 Å². The Kier molecular flexibility index (Phi) is 7.74. The fraction of sp³-hybridized carbons (Fsp3) is 0.857. The van der Waals surface area contributed by atoms with Crippen molar-refractivity contribution < 1.29 is 38.4 Å². The quantitative estimate of drug-likeness (QED) is 0.655. The van der Waals surface area contributed by atoms with Gasteiger partial charge in [-0.1, -0.05) is 0 Å². The number of esters is 2. The minimum absolute atomic E-state index is 0.160. The molecular formula is C14H24O8. The van der Waals surface area contributed by atoms with Crippen molar-refractivity contribution in [1.82, 2.24) is 0 Å². The molecule has 0 aromatic rings. The Labute approximate surface area is 129 Å². The number of carbonyl (C=O) groups is 2. The van der Waals surface area contributed by atoms with Crippen LogP contribution in [0.4, 0.5) is 0 Å². The normalized spacial score (nSPS) is 31.6. The standard InChI is InChI=1S/C14H24O8/c1-5-18-12-11(21-9(4)16)10(7-20-8(3)15)22-14(17)13(12)19-6-2/h10-14,17H,5-7H2,1-4H3/t10-,11-,12+,13+,14+/m1/s1. The second-order valence-corrected chi connectivity index (χ2v) is 4.78. The fourth-order valence-corrected chi connectivity index (χ4v) is 2.31. The minimum Gasteiger partial charge on any atom is -0.463 e. The lowest BCUT2D eigenvalue weighted by Crippen LogP contribution is -2.61. The Morgan fingerprint density at radius 3 is 2.09 bits per heavy atom. The molecule has 1 N–H and O–H groups in total. The molecule has 0 aliphatic carbocycles. The van der Waals surface area contributed by atoms with E-state index < -0.39 is 42.6 Å². The molecule has 0 amide bonds. The summed E-state index contributed by atoms with van der Waals surface area (Å²) in [5.74, 6) is -1.03. The van der Waals surface area contributed by atoms with Crippen LogP contribution in [0.25, 0.3) is 0 Å². The van der Waals surface area contributed by atoms with Crippen molar-refractivity contribution in [2.75, 3.05) is 19.8 Å². The zero-order valence-corrected chi connectivity index (χ0v) is 13.3. The van der Waals surface area contributed by atoms with E-state index in [1.807, 2.05) is 0 Å². The topological polar surface area (TPSA) is 101 Å². The summed E-state index contributed by atoms with van der Waals surface area (Å²) < 4.78 is 26.6. The van der Waals surface area contributed by atoms with Gasteiger partial charge in [-0.15, -0.1) is 0 Å². The Bertz CT molecular complexity index is 372. The molecule has 1 aliphatic heterocycles. The van der Waals surface area contributed by atoms with Crippen LogP contribution >= 0.6 is 0 Å². The largest absolute Gasteiger partial charge is 0.463 e. The molecule has 1 aliphatic rings. The summed E-state index contributed by atoms with van der Waals surface area (Å²) in [4.78, 5) is 22.3. The molecule has 0 aromatic heterocycles. The molecule has 1 heterocycles. The summed E-state index contributed by atoms with van der Waals surface area (Å²) in [5.41, 5.74) is 0. The molecule has 0 saturated carbocycles. The van der Waals surface area contributed by atoms with Crippen LogP contribution in [0.1, 0.15) is 27.7 Å². The van der Waals surface area contributed by atoms with Crippen LogP contribution in [-0.2, 0) is 33.3 Å². The summed E-state index contributed by atoms with van der Waals surface area (Å²) in [6.07, 6.45) is -4.49. The summed E-state index contributed by atoms with van der Waals surface area (Å²) in [5, 5.41) is 10.1. The van der Waals surface area contributed by atoms with Gasteiger partial charge in [-0.25, -0.2) is 0 Å². The SMILES string of the molecule is CCO[C@@H]1[C@H](OCC)[C@@H](O)O[C@H](COC(C)=O)[C@H]1OC(C)=O. The minimum atomic E-state index is -1.27. The number of carbonyl (C=O) groups excluding carboxylic acids is 2. The van der Waals surface area contributed by atoms with Gasteiger partial charge in [-0.05, 0) is 13.8 Å². The van der Waals surface area contributed by atoms with Crippen molar-refractivity contribution in [3.8, 4) is 0 Å². The van der Waals surface area contributed by atoms with Gasteiger partial charge >= 0.3 is 11.9 Å². The monoisotopic (exact) mass is 320 g/mol. The first-order valence-electron chi connectivity index (χ1n) is 7.28. The van der Waals surface area contributed by atoms with E-state index in [4.69, 9.17) is 23.7 Å². The average Bonchev–Trinajstić information content (AvgIpc) is 2.43. The highest BCUT2D eigenvalue weighted by molar-refractivity contribution is 5.66. The van der Waals surface area contributed by atoms with Crippen molar-refractivity contribution in [2.24, 2.45) is 0 Å². The third-order valence-corrected chi connectivity index (χ3v) is 3.08. The van der Waals surface area contributed by atoms with E-state index in [0.717, 1.165) is 0 Å². The molecule has 1 rings (SSSR count). The maximum atomic E-state index is 11.3. The first kappa shape index (κ1) is 18.8. The number of rotatable bonds is 7. The van der Waals surface area contributed by atoms with E-state index in [1.165, 1.54) is 13.8 Å². The highest BCUT2D eigenvalue weighted by Crippen LogP contribution is 2.27. The molecule has 128 valence electrons. The Morgan fingerprint density at radius 2 is 1.59 bits per heavy atom. The van der Waals surface area contributed by atoms with Gasteiger partial charge in [0.1, 0.15) is 24.9 Å². The highest BCUT2D eigenvalue weighted by atomic mass is 16.7. The second-order valence-electron chi connectivity index (χ2n) is 4.78. The summed E-state index contributed by atoms with van der Waals surface area (Å²) in [7, 11) is 0.